The smallest absolute Gasteiger partial charge is 0.320 e. The van der Waals surface area contributed by atoms with Crippen LogP contribution in [-0.4, -0.2) is 61.9 Å². The number of hydrogen-bond acceptors (Lipinski definition) is 7. The highest BCUT2D eigenvalue weighted by molar-refractivity contribution is 8.00. The van der Waals surface area contributed by atoms with E-state index in [1.165, 1.54) is 18.2 Å². The van der Waals surface area contributed by atoms with Gasteiger partial charge in [-0.1, -0.05) is 6.07 Å². The fourth-order valence-electron chi connectivity index (χ4n) is 2.68. The quantitative estimate of drug-likeness (QED) is 0.594. The average Bonchev–Trinajstić information content (AvgIpc) is 2.97. The zero-order valence-electron chi connectivity index (χ0n) is 14.5. The van der Waals surface area contributed by atoms with Gasteiger partial charge in [-0.15, -0.1) is 11.8 Å². The van der Waals surface area contributed by atoms with Crippen LogP contribution in [0.5, 0.6) is 0 Å². The predicted molar refractivity (Wildman–Crippen MR) is 99.5 cm³/mol. The Labute approximate surface area is 155 Å². The van der Waals surface area contributed by atoms with E-state index in [2.05, 4.69) is 35.2 Å². The number of tetrazole rings is 1. The molecule has 1 fully saturated rings. The van der Waals surface area contributed by atoms with Gasteiger partial charge < -0.3 is 4.74 Å². The van der Waals surface area contributed by atoms with Gasteiger partial charge >= 0.3 is 5.97 Å². The van der Waals surface area contributed by atoms with Crippen LogP contribution in [-0.2, 0) is 16.2 Å². The molecule has 1 aliphatic rings. The van der Waals surface area contributed by atoms with E-state index in [0.717, 1.165) is 18.0 Å². The van der Waals surface area contributed by atoms with Crippen LogP contribution < -0.4 is 0 Å². The van der Waals surface area contributed by atoms with Crippen molar-refractivity contribution in [2.24, 2.45) is 0 Å². The van der Waals surface area contributed by atoms with Crippen LogP contribution in [0.1, 0.15) is 11.1 Å². The molecule has 3 rings (SSSR count). The first-order valence-corrected chi connectivity index (χ1v) is 9.47. The highest BCUT2D eigenvalue weighted by Gasteiger charge is 2.27. The Kier molecular flexibility index (Phi) is 5.55. The Morgan fingerprint density at radius 1 is 1.36 bits per heavy atom. The van der Waals surface area contributed by atoms with E-state index < -0.39 is 0 Å². The molecule has 0 amide bonds. The Balaban J connectivity index is 1.76. The molecule has 9 heteroatoms. The van der Waals surface area contributed by atoms with Crippen molar-refractivity contribution < 1.29 is 9.53 Å². The van der Waals surface area contributed by atoms with Gasteiger partial charge in [-0.05, 0) is 59.8 Å². The third-order valence-corrected chi connectivity index (χ3v) is 5.87. The molecular formula is C16H21N5O2S2. The molecule has 1 aromatic heterocycles. The summed E-state index contributed by atoms with van der Waals surface area (Å²) in [4.78, 5) is 13.9. The van der Waals surface area contributed by atoms with Crippen LogP contribution in [0.3, 0.4) is 0 Å². The molecule has 1 aliphatic heterocycles. The van der Waals surface area contributed by atoms with Crippen molar-refractivity contribution in [3.05, 3.63) is 34.1 Å². The maximum absolute atomic E-state index is 11.8. The number of carbonyl (C=O) groups excluding carboxylic acids is 1. The molecule has 1 aromatic carbocycles. The number of benzene rings is 1. The van der Waals surface area contributed by atoms with Crippen molar-refractivity contribution in [2.75, 3.05) is 26.0 Å². The number of hydrogen-bond donors (Lipinski definition) is 0. The highest BCUT2D eigenvalue weighted by atomic mass is 32.2. The van der Waals surface area contributed by atoms with E-state index in [1.807, 2.05) is 12.1 Å². The van der Waals surface area contributed by atoms with Crippen molar-refractivity contribution in [1.82, 2.24) is 24.7 Å². The number of carbonyl (C=O) groups is 1. The second-order valence-electron chi connectivity index (χ2n) is 6.04. The van der Waals surface area contributed by atoms with Crippen LogP contribution in [0.2, 0.25) is 0 Å². The summed E-state index contributed by atoms with van der Waals surface area (Å²) in [6, 6.07) is 6.09. The third kappa shape index (κ3) is 3.94. The minimum atomic E-state index is -0.183. The SMILES string of the molecule is COC(=O)[C@@H]1CN(Cn2nnn(-c3ccc(C)c(C)c3)c2=S)CCS1. The lowest BCUT2D eigenvalue weighted by atomic mass is 10.1. The number of aryl methyl sites for hydroxylation is 2. The maximum Gasteiger partial charge on any atom is 0.320 e. The molecule has 0 unspecified atom stereocenters. The monoisotopic (exact) mass is 379 g/mol. The molecule has 1 atom stereocenters. The Bertz CT molecular complexity index is 832. The molecule has 0 N–H and O–H groups in total. The number of esters is 1. The second kappa shape index (κ2) is 7.67. The first-order valence-electron chi connectivity index (χ1n) is 8.02. The van der Waals surface area contributed by atoms with Gasteiger partial charge in [0.15, 0.2) is 0 Å². The normalized spacial score (nSPS) is 18.3. The molecule has 1 saturated heterocycles. The van der Waals surface area contributed by atoms with Gasteiger partial charge in [-0.3, -0.25) is 9.69 Å². The lowest BCUT2D eigenvalue weighted by Crippen LogP contribution is -2.42. The average molecular weight is 380 g/mol. The highest BCUT2D eigenvalue weighted by Crippen LogP contribution is 2.20. The predicted octanol–water partition coefficient (Wildman–Crippen LogP) is 1.96. The first-order chi connectivity index (χ1) is 12.0. The minimum absolute atomic E-state index is 0.164. The minimum Gasteiger partial charge on any atom is -0.468 e. The number of methoxy groups -OCH3 is 1. The van der Waals surface area contributed by atoms with Crippen LogP contribution in [0.4, 0.5) is 0 Å². The molecule has 0 aliphatic carbocycles. The lowest BCUT2D eigenvalue weighted by molar-refractivity contribution is -0.140. The first kappa shape index (κ1) is 18.1. The van der Waals surface area contributed by atoms with Crippen LogP contribution in [0.15, 0.2) is 18.2 Å². The Morgan fingerprint density at radius 3 is 2.88 bits per heavy atom. The second-order valence-corrected chi connectivity index (χ2v) is 7.72. The van der Waals surface area contributed by atoms with E-state index in [-0.39, 0.29) is 11.2 Å². The molecule has 0 radical (unpaired) electrons. The molecule has 7 nitrogen and oxygen atoms in total. The van der Waals surface area contributed by atoms with Gasteiger partial charge in [0.2, 0.25) is 4.77 Å². The van der Waals surface area contributed by atoms with Gasteiger partial charge in [-0.2, -0.15) is 4.68 Å². The van der Waals surface area contributed by atoms with Crippen molar-refractivity contribution in [3.8, 4) is 5.69 Å². The van der Waals surface area contributed by atoms with Crippen molar-refractivity contribution in [2.45, 2.75) is 25.8 Å². The molecule has 25 heavy (non-hydrogen) atoms. The number of rotatable bonds is 4. The number of aromatic nitrogens is 4. The molecule has 2 aromatic rings. The summed E-state index contributed by atoms with van der Waals surface area (Å²) in [5.74, 6) is 0.690. The van der Waals surface area contributed by atoms with Gasteiger partial charge in [0.1, 0.15) is 5.25 Å². The summed E-state index contributed by atoms with van der Waals surface area (Å²) in [7, 11) is 1.42. The van der Waals surface area contributed by atoms with E-state index in [9.17, 15) is 4.79 Å². The van der Waals surface area contributed by atoms with Gasteiger partial charge in [0.25, 0.3) is 0 Å². The summed E-state index contributed by atoms with van der Waals surface area (Å²) in [5, 5.41) is 8.22. The number of ether oxygens (including phenoxy) is 1. The fraction of sp³-hybridized carbons (Fsp3) is 0.500. The van der Waals surface area contributed by atoms with E-state index in [4.69, 9.17) is 17.0 Å². The van der Waals surface area contributed by atoms with Crippen molar-refractivity contribution in [3.63, 3.8) is 0 Å². The number of thioether (sulfide) groups is 1. The van der Waals surface area contributed by atoms with Gasteiger partial charge in [0.05, 0.1) is 19.5 Å². The van der Waals surface area contributed by atoms with E-state index in [1.54, 1.807) is 21.1 Å². The van der Waals surface area contributed by atoms with Crippen LogP contribution in [0.25, 0.3) is 5.69 Å². The van der Waals surface area contributed by atoms with Crippen LogP contribution >= 0.6 is 24.0 Å². The summed E-state index contributed by atoms with van der Waals surface area (Å²) in [6.45, 7) is 6.14. The summed E-state index contributed by atoms with van der Waals surface area (Å²) >= 11 is 7.16. The maximum atomic E-state index is 11.8. The Hall–Kier alpha value is -1.71. The Morgan fingerprint density at radius 2 is 2.16 bits per heavy atom. The fourth-order valence-corrected chi connectivity index (χ4v) is 4.11. The molecule has 0 bridgehead atoms. The van der Waals surface area contributed by atoms with Crippen LogP contribution in [0, 0.1) is 18.6 Å². The van der Waals surface area contributed by atoms with Crippen molar-refractivity contribution in [1.29, 1.82) is 0 Å². The topological polar surface area (TPSA) is 65.2 Å². The molecule has 2 heterocycles. The van der Waals surface area contributed by atoms with E-state index >= 15 is 0 Å². The molecule has 0 spiro atoms. The summed E-state index contributed by atoms with van der Waals surface area (Å²) < 4.78 is 8.74. The largest absolute Gasteiger partial charge is 0.468 e. The standard InChI is InChI=1S/C16H21N5O2S2/c1-11-4-5-13(8-12(11)2)21-16(24)20(17-18-21)10-19-6-7-25-14(9-19)15(22)23-3/h4-5,8,14H,6-7,9-10H2,1-3H3/t14-/m0/s1. The molecular weight excluding hydrogens is 358 g/mol. The number of nitrogens with zero attached hydrogens (tertiary/aromatic N) is 5. The molecule has 134 valence electrons. The zero-order valence-corrected chi connectivity index (χ0v) is 16.1. The lowest BCUT2D eigenvalue weighted by Gasteiger charge is -2.30. The van der Waals surface area contributed by atoms with Crippen molar-refractivity contribution >= 4 is 29.9 Å². The molecule has 0 saturated carbocycles. The van der Waals surface area contributed by atoms with E-state index in [0.29, 0.717) is 18.0 Å². The summed E-state index contributed by atoms with van der Waals surface area (Å²) in [6.07, 6.45) is 0. The van der Waals surface area contributed by atoms with Gasteiger partial charge in [-0.25, -0.2) is 4.68 Å². The van der Waals surface area contributed by atoms with Gasteiger partial charge in [0, 0.05) is 18.8 Å². The zero-order chi connectivity index (χ0) is 18.0. The third-order valence-electron chi connectivity index (χ3n) is 4.32. The summed E-state index contributed by atoms with van der Waals surface area (Å²) in [5.41, 5.74) is 3.31.